The Balaban J connectivity index is 1.62. The van der Waals surface area contributed by atoms with Crippen LogP contribution in [0.3, 0.4) is 0 Å². The van der Waals surface area contributed by atoms with E-state index >= 15 is 0 Å². The minimum atomic E-state index is 0.00404. The number of hydrogen-bond donors (Lipinski definition) is 0. The number of ether oxygens (including phenoxy) is 1. The monoisotopic (exact) mass is 347 g/mol. The summed E-state index contributed by atoms with van der Waals surface area (Å²) in [5.41, 5.74) is 0.551. The highest BCUT2D eigenvalue weighted by Crippen LogP contribution is 2.21. The van der Waals surface area contributed by atoms with Crippen LogP contribution in [0.5, 0.6) is 5.88 Å². The van der Waals surface area contributed by atoms with Crippen molar-refractivity contribution >= 4 is 23.2 Å². The minimum Gasteiger partial charge on any atom is -0.481 e. The largest absolute Gasteiger partial charge is 0.481 e. The van der Waals surface area contributed by atoms with E-state index in [1.807, 2.05) is 10.3 Å². The van der Waals surface area contributed by atoms with Crippen LogP contribution in [0.4, 0.5) is 5.95 Å². The van der Waals surface area contributed by atoms with Crippen molar-refractivity contribution in [2.75, 3.05) is 38.2 Å². The predicted molar refractivity (Wildman–Crippen MR) is 92.9 cm³/mol. The number of rotatable bonds is 4. The van der Waals surface area contributed by atoms with Crippen LogP contribution in [0.2, 0.25) is 0 Å². The fourth-order valence-electron chi connectivity index (χ4n) is 2.52. The van der Waals surface area contributed by atoms with Crippen LogP contribution in [0.1, 0.15) is 35.3 Å². The Kier molecular flexibility index (Phi) is 4.94. The maximum Gasteiger partial charge on any atom is 0.273 e. The fraction of sp³-hybridized carbons (Fsp3) is 0.500. The quantitative estimate of drug-likeness (QED) is 0.843. The normalized spacial score (nSPS) is 15.0. The zero-order valence-corrected chi connectivity index (χ0v) is 14.9. The molecule has 8 heteroatoms. The van der Waals surface area contributed by atoms with Crippen molar-refractivity contribution in [1.29, 1.82) is 0 Å². The van der Waals surface area contributed by atoms with Crippen LogP contribution in [-0.2, 0) is 0 Å². The van der Waals surface area contributed by atoms with Crippen molar-refractivity contribution in [3.8, 4) is 5.88 Å². The first kappa shape index (κ1) is 16.6. The lowest BCUT2D eigenvalue weighted by Crippen LogP contribution is -2.49. The Morgan fingerprint density at radius 2 is 2.00 bits per heavy atom. The number of piperazine rings is 1. The van der Waals surface area contributed by atoms with Gasteiger partial charge in [0.05, 0.1) is 12.1 Å². The van der Waals surface area contributed by atoms with E-state index in [0.717, 1.165) is 5.01 Å². The molecule has 0 radical (unpaired) electrons. The lowest BCUT2D eigenvalue weighted by molar-refractivity contribution is 0.0741. The average molecular weight is 347 g/mol. The Hall–Kier alpha value is -2.22. The van der Waals surface area contributed by atoms with Crippen molar-refractivity contribution in [2.24, 2.45) is 0 Å². The molecule has 3 rings (SSSR count). The molecule has 0 saturated carbocycles. The van der Waals surface area contributed by atoms with E-state index < -0.39 is 0 Å². The minimum absolute atomic E-state index is 0.00404. The van der Waals surface area contributed by atoms with Gasteiger partial charge in [-0.15, -0.1) is 11.3 Å². The second-order valence-electron chi connectivity index (χ2n) is 5.90. The van der Waals surface area contributed by atoms with E-state index in [2.05, 4.69) is 33.7 Å². The molecule has 1 aliphatic heterocycles. The second-order valence-corrected chi connectivity index (χ2v) is 6.79. The molecule has 0 bridgehead atoms. The van der Waals surface area contributed by atoms with Crippen molar-refractivity contribution < 1.29 is 9.53 Å². The van der Waals surface area contributed by atoms with E-state index in [4.69, 9.17) is 4.74 Å². The molecule has 3 heterocycles. The Bertz CT molecular complexity index is 710. The first-order valence-electron chi connectivity index (χ1n) is 7.95. The number of aromatic nitrogens is 3. The summed E-state index contributed by atoms with van der Waals surface area (Å²) in [5, 5.41) is 2.86. The van der Waals surface area contributed by atoms with Gasteiger partial charge in [-0.05, 0) is 0 Å². The third kappa shape index (κ3) is 3.48. The summed E-state index contributed by atoms with van der Waals surface area (Å²) in [5.74, 6) is 1.53. The molecule has 1 fully saturated rings. The van der Waals surface area contributed by atoms with E-state index in [-0.39, 0.29) is 5.91 Å². The van der Waals surface area contributed by atoms with E-state index in [9.17, 15) is 4.79 Å². The first-order valence-corrected chi connectivity index (χ1v) is 8.83. The molecule has 0 atom stereocenters. The van der Waals surface area contributed by atoms with E-state index in [1.165, 1.54) is 0 Å². The Morgan fingerprint density at radius 3 is 2.62 bits per heavy atom. The van der Waals surface area contributed by atoms with E-state index in [0.29, 0.717) is 49.6 Å². The summed E-state index contributed by atoms with van der Waals surface area (Å²) in [6.45, 7) is 6.82. The van der Waals surface area contributed by atoms with Gasteiger partial charge in [0.1, 0.15) is 5.69 Å². The molecule has 1 aliphatic rings. The molecular weight excluding hydrogens is 326 g/mol. The van der Waals surface area contributed by atoms with Gasteiger partial charge in [0, 0.05) is 49.7 Å². The number of methoxy groups -OCH3 is 1. The highest BCUT2D eigenvalue weighted by atomic mass is 32.1. The molecule has 2 aromatic heterocycles. The predicted octanol–water partition coefficient (Wildman–Crippen LogP) is 2.03. The van der Waals surface area contributed by atoms with Gasteiger partial charge in [0.15, 0.2) is 0 Å². The lowest BCUT2D eigenvalue weighted by Gasteiger charge is -2.34. The van der Waals surface area contributed by atoms with Crippen LogP contribution in [0, 0.1) is 0 Å². The Labute approximate surface area is 145 Å². The second kappa shape index (κ2) is 7.12. The van der Waals surface area contributed by atoms with Gasteiger partial charge >= 0.3 is 0 Å². The summed E-state index contributed by atoms with van der Waals surface area (Å²) >= 11 is 1.55. The zero-order chi connectivity index (χ0) is 17.1. The summed E-state index contributed by atoms with van der Waals surface area (Å²) in [7, 11) is 1.59. The SMILES string of the molecule is COc1ccnc(N2CCN(C(=O)c3csc(C(C)C)n3)CC2)n1. The summed E-state index contributed by atoms with van der Waals surface area (Å²) < 4.78 is 5.13. The number of carbonyl (C=O) groups is 1. The fourth-order valence-corrected chi connectivity index (χ4v) is 3.33. The molecule has 0 aliphatic carbocycles. The summed E-state index contributed by atoms with van der Waals surface area (Å²) in [6.07, 6.45) is 1.68. The maximum absolute atomic E-state index is 12.6. The summed E-state index contributed by atoms with van der Waals surface area (Å²) in [4.78, 5) is 29.6. The van der Waals surface area contributed by atoms with Crippen molar-refractivity contribution in [2.45, 2.75) is 19.8 Å². The number of carbonyl (C=O) groups excluding carboxylic acids is 1. The van der Waals surface area contributed by atoms with Crippen LogP contribution >= 0.6 is 11.3 Å². The number of amides is 1. The molecule has 0 unspecified atom stereocenters. The third-order valence-corrected chi connectivity index (χ3v) is 5.06. The topological polar surface area (TPSA) is 71.5 Å². The highest BCUT2D eigenvalue weighted by molar-refractivity contribution is 7.09. The van der Waals surface area contributed by atoms with Gasteiger partial charge in [-0.3, -0.25) is 4.79 Å². The number of hydrogen-bond acceptors (Lipinski definition) is 7. The van der Waals surface area contributed by atoms with Gasteiger partial charge in [-0.1, -0.05) is 13.8 Å². The molecule has 2 aromatic rings. The third-order valence-electron chi connectivity index (χ3n) is 3.91. The average Bonchev–Trinajstić information content (AvgIpc) is 3.12. The van der Waals surface area contributed by atoms with Gasteiger partial charge in [0.2, 0.25) is 11.8 Å². The van der Waals surface area contributed by atoms with Gasteiger partial charge in [0.25, 0.3) is 5.91 Å². The van der Waals surface area contributed by atoms with Crippen LogP contribution in [0.15, 0.2) is 17.6 Å². The van der Waals surface area contributed by atoms with Gasteiger partial charge < -0.3 is 14.5 Å². The van der Waals surface area contributed by atoms with E-state index in [1.54, 1.807) is 30.7 Å². The van der Waals surface area contributed by atoms with Crippen LogP contribution in [-0.4, -0.2) is 59.0 Å². The summed E-state index contributed by atoms with van der Waals surface area (Å²) in [6, 6.07) is 1.72. The molecule has 0 spiro atoms. The zero-order valence-electron chi connectivity index (χ0n) is 14.1. The smallest absolute Gasteiger partial charge is 0.273 e. The molecule has 0 aromatic carbocycles. The molecular formula is C16H21N5O2S. The lowest BCUT2D eigenvalue weighted by atomic mass is 10.2. The molecule has 128 valence electrons. The molecule has 24 heavy (non-hydrogen) atoms. The Morgan fingerprint density at radius 1 is 1.25 bits per heavy atom. The number of nitrogens with zero attached hydrogens (tertiary/aromatic N) is 5. The molecule has 7 nitrogen and oxygen atoms in total. The maximum atomic E-state index is 12.6. The standard InChI is InChI=1S/C16H21N5O2S/c1-11(2)14-18-12(10-24-14)15(22)20-6-8-21(9-7-20)16-17-5-4-13(19-16)23-3/h4-5,10-11H,6-9H2,1-3H3. The molecule has 0 N–H and O–H groups in total. The van der Waals surface area contributed by atoms with Crippen molar-refractivity contribution in [3.05, 3.63) is 28.3 Å². The van der Waals surface area contributed by atoms with Crippen LogP contribution < -0.4 is 9.64 Å². The highest BCUT2D eigenvalue weighted by Gasteiger charge is 2.25. The number of thiazole rings is 1. The van der Waals surface area contributed by atoms with Gasteiger partial charge in [-0.25, -0.2) is 9.97 Å². The van der Waals surface area contributed by atoms with Crippen molar-refractivity contribution in [3.63, 3.8) is 0 Å². The number of anilines is 1. The van der Waals surface area contributed by atoms with Crippen LogP contribution in [0.25, 0.3) is 0 Å². The van der Waals surface area contributed by atoms with Gasteiger partial charge in [-0.2, -0.15) is 4.98 Å². The van der Waals surface area contributed by atoms with Crippen molar-refractivity contribution in [1.82, 2.24) is 19.9 Å². The molecule has 1 saturated heterocycles. The molecule has 1 amide bonds. The first-order chi connectivity index (χ1) is 11.6.